The van der Waals surface area contributed by atoms with E-state index in [0.717, 1.165) is 74.7 Å². The van der Waals surface area contributed by atoms with Gasteiger partial charge in [-0.1, -0.05) is 171 Å². The van der Waals surface area contributed by atoms with E-state index in [-0.39, 0.29) is 11.5 Å². The zero-order chi connectivity index (χ0) is 36.5. The molecule has 55 heavy (non-hydrogen) atoms. The predicted molar refractivity (Wildman–Crippen MR) is 224 cm³/mol. The summed E-state index contributed by atoms with van der Waals surface area (Å²) in [5, 5.41) is 0. The fraction of sp³-hybridized carbons (Fsp3) is 0.115. The van der Waals surface area contributed by atoms with Gasteiger partial charge in [-0.15, -0.1) is 0 Å². The summed E-state index contributed by atoms with van der Waals surface area (Å²) in [6.45, 7) is 2.26. The van der Waals surface area contributed by atoms with Crippen molar-refractivity contribution < 1.29 is 4.74 Å². The van der Waals surface area contributed by atoms with Gasteiger partial charge in [-0.2, -0.15) is 0 Å². The van der Waals surface area contributed by atoms with Gasteiger partial charge in [0.05, 0.1) is 16.8 Å². The number of aromatic nitrogens is 2. The maximum atomic E-state index is 6.91. The van der Waals surface area contributed by atoms with Gasteiger partial charge < -0.3 is 4.74 Å². The summed E-state index contributed by atoms with van der Waals surface area (Å²) in [5.41, 5.74) is 17.4. The molecule has 11 rings (SSSR count). The van der Waals surface area contributed by atoms with Crippen LogP contribution in [-0.2, 0) is 5.41 Å². The average molecular weight is 707 g/mol. The summed E-state index contributed by atoms with van der Waals surface area (Å²) >= 11 is 0. The standard InChI is InChI=1S/C52H38N2O/c1-33-13-11-20-42-49(33)53-51(36-14-3-2-4-15-36)54-50(42)39-17-12-16-37(31-39)34-25-27-35(28-26-34)38-29-30-46-48(32-38)55-47-24-10-9-23-45(47)52(46)43-21-7-5-18-40(43)41-19-6-8-22-44(41)52/h2-12,14-23,25-33,47H,13,24H2,1H3. The van der Waals surface area contributed by atoms with Crippen molar-refractivity contribution in [3.8, 4) is 61.8 Å². The van der Waals surface area contributed by atoms with Gasteiger partial charge in [0.2, 0.25) is 0 Å². The van der Waals surface area contributed by atoms with E-state index in [4.69, 9.17) is 14.7 Å². The highest BCUT2D eigenvalue weighted by Crippen LogP contribution is 2.61. The number of hydrogen-bond donors (Lipinski definition) is 0. The van der Waals surface area contributed by atoms with Crippen LogP contribution >= 0.6 is 0 Å². The molecule has 1 aliphatic heterocycles. The van der Waals surface area contributed by atoms with Crippen molar-refractivity contribution in [2.75, 3.05) is 0 Å². The molecule has 1 aromatic heterocycles. The highest BCUT2D eigenvalue weighted by atomic mass is 16.5. The molecule has 0 amide bonds. The number of fused-ring (bicyclic) bond motifs is 10. The lowest BCUT2D eigenvalue weighted by Gasteiger charge is -2.45. The maximum Gasteiger partial charge on any atom is 0.160 e. The Morgan fingerprint density at radius 3 is 1.98 bits per heavy atom. The quantitative estimate of drug-likeness (QED) is 0.183. The number of allylic oxidation sites excluding steroid dienone is 3. The average Bonchev–Trinajstić information content (AvgIpc) is 3.54. The van der Waals surface area contributed by atoms with Gasteiger partial charge in [-0.05, 0) is 68.6 Å². The molecule has 3 heteroatoms. The van der Waals surface area contributed by atoms with Gasteiger partial charge in [0, 0.05) is 34.6 Å². The molecule has 7 aromatic rings. The number of hydrogen-bond acceptors (Lipinski definition) is 3. The van der Waals surface area contributed by atoms with Gasteiger partial charge >= 0.3 is 0 Å². The van der Waals surface area contributed by atoms with Crippen LogP contribution in [0.4, 0.5) is 0 Å². The topological polar surface area (TPSA) is 35.0 Å². The highest BCUT2D eigenvalue weighted by Gasteiger charge is 2.53. The van der Waals surface area contributed by atoms with Gasteiger partial charge in [0.15, 0.2) is 5.82 Å². The van der Waals surface area contributed by atoms with Gasteiger partial charge in [0.1, 0.15) is 11.9 Å². The summed E-state index contributed by atoms with van der Waals surface area (Å²) in [6, 6.07) is 52.8. The van der Waals surface area contributed by atoms with Crippen LogP contribution in [0.5, 0.6) is 5.75 Å². The number of nitrogens with zero attached hydrogens (tertiary/aromatic N) is 2. The Balaban J connectivity index is 0.970. The first-order valence-corrected chi connectivity index (χ1v) is 19.4. The second-order valence-electron chi connectivity index (χ2n) is 15.2. The monoisotopic (exact) mass is 706 g/mol. The molecule has 262 valence electrons. The van der Waals surface area contributed by atoms with E-state index < -0.39 is 0 Å². The summed E-state index contributed by atoms with van der Waals surface area (Å²) in [7, 11) is 0. The minimum Gasteiger partial charge on any atom is -0.485 e. The van der Waals surface area contributed by atoms with Crippen LogP contribution in [-0.4, -0.2) is 16.1 Å². The predicted octanol–water partition coefficient (Wildman–Crippen LogP) is 12.6. The molecule has 0 N–H and O–H groups in total. The van der Waals surface area contributed by atoms with Crippen molar-refractivity contribution in [3.63, 3.8) is 0 Å². The maximum absolute atomic E-state index is 6.91. The fourth-order valence-electron chi connectivity index (χ4n) is 9.51. The van der Waals surface area contributed by atoms with Crippen LogP contribution < -0.4 is 4.74 Å². The van der Waals surface area contributed by atoms with Crippen LogP contribution in [0.2, 0.25) is 0 Å². The minimum atomic E-state index is -0.387. The number of rotatable bonds is 4. The van der Waals surface area contributed by atoms with Crippen molar-refractivity contribution >= 4 is 6.08 Å². The summed E-state index contributed by atoms with van der Waals surface area (Å²) < 4.78 is 6.91. The molecule has 2 unspecified atom stereocenters. The summed E-state index contributed by atoms with van der Waals surface area (Å²) in [5.74, 6) is 2.08. The SMILES string of the molecule is CC1CC=Cc2c(-c3cccc(-c4ccc(-c5ccc6c(c5)OC5CC=CC=C5C65c6ccccc6-c6ccccc65)cc4)c3)nc(-c3ccccc3)nc21. The van der Waals surface area contributed by atoms with E-state index in [0.29, 0.717) is 5.92 Å². The van der Waals surface area contributed by atoms with Crippen LogP contribution in [0.25, 0.3) is 62.1 Å². The molecule has 2 heterocycles. The van der Waals surface area contributed by atoms with Crippen molar-refractivity contribution in [2.45, 2.75) is 37.2 Å². The Bertz CT molecular complexity index is 2710. The van der Waals surface area contributed by atoms with Crippen molar-refractivity contribution in [1.82, 2.24) is 9.97 Å². The molecule has 3 nitrogen and oxygen atoms in total. The molecule has 0 saturated heterocycles. The van der Waals surface area contributed by atoms with Crippen LogP contribution in [0.1, 0.15) is 53.6 Å². The van der Waals surface area contributed by atoms with Crippen LogP contribution in [0.3, 0.4) is 0 Å². The summed E-state index contributed by atoms with van der Waals surface area (Å²) in [6.07, 6.45) is 13.0. The van der Waals surface area contributed by atoms with E-state index >= 15 is 0 Å². The first kappa shape index (κ1) is 31.9. The second-order valence-corrected chi connectivity index (χ2v) is 15.2. The third kappa shape index (κ3) is 4.89. The first-order chi connectivity index (χ1) is 27.2. The molecular formula is C52H38N2O. The van der Waals surface area contributed by atoms with Crippen molar-refractivity contribution in [3.05, 3.63) is 203 Å². The lowest BCUT2D eigenvalue weighted by molar-refractivity contribution is 0.205. The van der Waals surface area contributed by atoms with Gasteiger partial charge in [-0.25, -0.2) is 9.97 Å². The molecule has 0 radical (unpaired) electrons. The molecule has 6 aromatic carbocycles. The smallest absolute Gasteiger partial charge is 0.160 e. The van der Waals surface area contributed by atoms with E-state index in [2.05, 4.69) is 165 Å². The lowest BCUT2D eigenvalue weighted by atomic mass is 9.63. The molecule has 0 bridgehead atoms. The Morgan fingerprint density at radius 1 is 0.564 bits per heavy atom. The Morgan fingerprint density at radius 2 is 1.22 bits per heavy atom. The van der Waals surface area contributed by atoms with E-state index in [1.807, 2.05) is 18.2 Å². The van der Waals surface area contributed by atoms with Gasteiger partial charge in [0.25, 0.3) is 0 Å². The van der Waals surface area contributed by atoms with Crippen LogP contribution in [0.15, 0.2) is 175 Å². The Labute approximate surface area is 322 Å². The van der Waals surface area contributed by atoms with Crippen molar-refractivity contribution in [1.29, 1.82) is 0 Å². The molecule has 2 atom stereocenters. The summed E-state index contributed by atoms with van der Waals surface area (Å²) in [4.78, 5) is 10.3. The zero-order valence-corrected chi connectivity index (χ0v) is 30.6. The first-order valence-electron chi connectivity index (χ1n) is 19.4. The largest absolute Gasteiger partial charge is 0.485 e. The van der Waals surface area contributed by atoms with Crippen molar-refractivity contribution in [2.24, 2.45) is 0 Å². The lowest BCUT2D eigenvalue weighted by Crippen LogP contribution is -2.42. The molecule has 3 aliphatic carbocycles. The Kier molecular flexibility index (Phi) is 7.25. The number of ether oxygens (including phenoxy) is 1. The minimum absolute atomic E-state index is 0.0235. The number of benzene rings is 6. The molecule has 0 saturated carbocycles. The normalized spacial score (nSPS) is 18.0. The van der Waals surface area contributed by atoms with E-state index in [1.165, 1.54) is 33.4 Å². The molecular weight excluding hydrogens is 669 g/mol. The Hall–Kier alpha value is -6.58. The molecule has 1 spiro atoms. The van der Waals surface area contributed by atoms with Crippen LogP contribution in [0, 0.1) is 0 Å². The van der Waals surface area contributed by atoms with Gasteiger partial charge in [-0.3, -0.25) is 0 Å². The second kappa shape index (κ2) is 12.5. The highest BCUT2D eigenvalue weighted by molar-refractivity contribution is 5.88. The fourth-order valence-corrected chi connectivity index (χ4v) is 9.51. The third-order valence-corrected chi connectivity index (χ3v) is 12.1. The third-order valence-electron chi connectivity index (χ3n) is 12.1. The molecule has 0 fully saturated rings. The molecule has 4 aliphatic rings. The van der Waals surface area contributed by atoms with E-state index in [9.17, 15) is 0 Å². The zero-order valence-electron chi connectivity index (χ0n) is 30.6. The van der Waals surface area contributed by atoms with E-state index in [1.54, 1.807) is 0 Å².